The number of halogens is 1. The summed E-state index contributed by atoms with van der Waals surface area (Å²) >= 11 is 0. The molecular weight excluding hydrogens is 381 g/mol. The summed E-state index contributed by atoms with van der Waals surface area (Å²) in [6.45, 7) is 4.06. The molecule has 0 aromatic heterocycles. The number of benzene rings is 2. The molecule has 0 radical (unpaired) electrons. The van der Waals surface area contributed by atoms with E-state index in [0.717, 1.165) is 31.6 Å². The van der Waals surface area contributed by atoms with E-state index in [9.17, 15) is 14.0 Å². The fourth-order valence-corrected chi connectivity index (χ4v) is 4.37. The molecule has 2 aliphatic rings. The van der Waals surface area contributed by atoms with Crippen molar-refractivity contribution in [3.63, 3.8) is 0 Å². The predicted octanol–water partition coefficient (Wildman–Crippen LogP) is 2.96. The van der Waals surface area contributed by atoms with Gasteiger partial charge in [-0.2, -0.15) is 0 Å². The Kier molecular flexibility index (Phi) is 6.31. The van der Waals surface area contributed by atoms with Crippen LogP contribution in [0.5, 0.6) is 0 Å². The summed E-state index contributed by atoms with van der Waals surface area (Å²) in [6, 6.07) is 16.6. The molecule has 158 valence electrons. The fourth-order valence-electron chi connectivity index (χ4n) is 4.37. The van der Waals surface area contributed by atoms with Gasteiger partial charge >= 0.3 is 0 Å². The highest BCUT2D eigenvalue weighted by Crippen LogP contribution is 2.23. The molecule has 2 saturated heterocycles. The molecule has 2 aromatic rings. The number of carbonyl (C=O) groups excluding carboxylic acids is 2. The lowest BCUT2D eigenvalue weighted by molar-refractivity contribution is -0.135. The summed E-state index contributed by atoms with van der Waals surface area (Å²) in [7, 11) is 0. The molecule has 2 heterocycles. The second kappa shape index (κ2) is 9.28. The lowest BCUT2D eigenvalue weighted by Crippen LogP contribution is -2.40. The molecule has 5 nitrogen and oxygen atoms in total. The molecule has 0 aliphatic carbocycles. The van der Waals surface area contributed by atoms with E-state index in [0.29, 0.717) is 32.6 Å². The van der Waals surface area contributed by atoms with Crippen LogP contribution in [-0.2, 0) is 16.0 Å². The van der Waals surface area contributed by atoms with Crippen molar-refractivity contribution >= 4 is 17.5 Å². The molecule has 30 heavy (non-hydrogen) atoms. The Morgan fingerprint density at radius 3 is 2.50 bits per heavy atom. The van der Waals surface area contributed by atoms with Crippen LogP contribution >= 0.6 is 0 Å². The highest BCUT2D eigenvalue weighted by Gasteiger charge is 2.36. The van der Waals surface area contributed by atoms with Gasteiger partial charge in [0, 0.05) is 51.4 Å². The Hall–Kier alpha value is -2.89. The average Bonchev–Trinajstić information content (AvgIpc) is 2.97. The van der Waals surface area contributed by atoms with Gasteiger partial charge in [0.15, 0.2) is 0 Å². The first-order valence-electron chi connectivity index (χ1n) is 10.7. The zero-order valence-electron chi connectivity index (χ0n) is 17.2. The number of nitrogens with zero attached hydrogens (tertiary/aromatic N) is 3. The van der Waals surface area contributed by atoms with Gasteiger partial charge in [-0.1, -0.05) is 30.3 Å². The number of rotatable bonds is 5. The number of hydrogen-bond donors (Lipinski definition) is 0. The molecule has 4 rings (SSSR count). The average molecular weight is 410 g/mol. The van der Waals surface area contributed by atoms with Gasteiger partial charge in [0.2, 0.25) is 11.8 Å². The number of anilines is 1. The topological polar surface area (TPSA) is 43.9 Å². The van der Waals surface area contributed by atoms with E-state index in [-0.39, 0.29) is 23.5 Å². The van der Waals surface area contributed by atoms with Crippen LogP contribution in [0.2, 0.25) is 0 Å². The first kappa shape index (κ1) is 20.4. The van der Waals surface area contributed by atoms with Crippen molar-refractivity contribution in [1.82, 2.24) is 9.80 Å². The molecule has 2 amide bonds. The van der Waals surface area contributed by atoms with Crippen molar-refractivity contribution < 1.29 is 14.0 Å². The number of carbonyl (C=O) groups is 2. The van der Waals surface area contributed by atoms with Gasteiger partial charge in [-0.05, 0) is 42.7 Å². The van der Waals surface area contributed by atoms with Gasteiger partial charge in [0.1, 0.15) is 5.82 Å². The SMILES string of the molecule is O=C1CC(C(=O)N2CCCN(c3ccc(F)cc3)CC2)CN1CCc1ccccc1. The van der Waals surface area contributed by atoms with E-state index >= 15 is 0 Å². The number of amides is 2. The number of likely N-dealkylation sites (tertiary alicyclic amines) is 1. The van der Waals surface area contributed by atoms with E-state index in [2.05, 4.69) is 17.0 Å². The lowest BCUT2D eigenvalue weighted by Gasteiger charge is -2.25. The first-order valence-corrected chi connectivity index (χ1v) is 10.7. The summed E-state index contributed by atoms with van der Waals surface area (Å²) in [5.74, 6) is -0.322. The molecule has 2 fully saturated rings. The molecule has 1 unspecified atom stereocenters. The molecule has 6 heteroatoms. The summed E-state index contributed by atoms with van der Waals surface area (Å²) in [5, 5.41) is 0. The van der Waals surface area contributed by atoms with Crippen molar-refractivity contribution in [2.45, 2.75) is 19.3 Å². The van der Waals surface area contributed by atoms with Crippen molar-refractivity contribution in [2.75, 3.05) is 44.2 Å². The third-order valence-electron chi connectivity index (χ3n) is 6.08. The van der Waals surface area contributed by atoms with E-state index in [1.807, 2.05) is 28.0 Å². The summed E-state index contributed by atoms with van der Waals surface area (Å²) in [6.07, 6.45) is 1.98. The van der Waals surface area contributed by atoms with Crippen LogP contribution in [0, 0.1) is 11.7 Å². The Labute approximate surface area is 177 Å². The van der Waals surface area contributed by atoms with Crippen molar-refractivity contribution in [1.29, 1.82) is 0 Å². The van der Waals surface area contributed by atoms with Crippen LogP contribution in [0.1, 0.15) is 18.4 Å². The zero-order valence-corrected chi connectivity index (χ0v) is 17.2. The Bertz CT molecular complexity index is 872. The van der Waals surface area contributed by atoms with Gasteiger partial charge in [0.05, 0.1) is 5.92 Å². The van der Waals surface area contributed by atoms with Crippen LogP contribution in [0.4, 0.5) is 10.1 Å². The molecule has 1 atom stereocenters. The fraction of sp³-hybridized carbons (Fsp3) is 0.417. The minimum atomic E-state index is -0.245. The normalized spacial score (nSPS) is 19.8. The maximum atomic E-state index is 13.2. The predicted molar refractivity (Wildman–Crippen MR) is 115 cm³/mol. The standard InChI is InChI=1S/C24H28FN3O2/c25-21-7-9-22(10-8-21)26-12-4-13-27(16-15-26)24(30)20-17-23(29)28(18-20)14-11-19-5-2-1-3-6-19/h1-3,5-10,20H,4,11-18H2. The molecule has 0 bridgehead atoms. The van der Waals surface area contributed by atoms with Gasteiger partial charge in [0.25, 0.3) is 0 Å². The third kappa shape index (κ3) is 4.81. The molecule has 2 aliphatic heterocycles. The van der Waals surface area contributed by atoms with Gasteiger partial charge in [-0.25, -0.2) is 4.39 Å². The van der Waals surface area contributed by atoms with Crippen molar-refractivity contribution in [2.24, 2.45) is 5.92 Å². The lowest BCUT2D eigenvalue weighted by atomic mass is 10.1. The van der Waals surface area contributed by atoms with Gasteiger partial charge in [-0.3, -0.25) is 9.59 Å². The third-order valence-corrected chi connectivity index (χ3v) is 6.08. The maximum absolute atomic E-state index is 13.2. The van der Waals surface area contributed by atoms with Crippen molar-refractivity contribution in [3.8, 4) is 0 Å². The summed E-state index contributed by atoms with van der Waals surface area (Å²) in [4.78, 5) is 31.5. The minimum absolute atomic E-state index is 0.0760. The van der Waals surface area contributed by atoms with E-state index in [1.54, 1.807) is 12.1 Å². The summed E-state index contributed by atoms with van der Waals surface area (Å²) in [5.41, 5.74) is 2.18. The van der Waals surface area contributed by atoms with E-state index in [4.69, 9.17) is 0 Å². The van der Waals surface area contributed by atoms with Crippen molar-refractivity contribution in [3.05, 3.63) is 66.0 Å². The van der Waals surface area contributed by atoms with Gasteiger partial charge in [-0.15, -0.1) is 0 Å². The Balaban J connectivity index is 1.31. The zero-order chi connectivity index (χ0) is 20.9. The van der Waals surface area contributed by atoms with Crippen LogP contribution in [0.15, 0.2) is 54.6 Å². The monoisotopic (exact) mass is 409 g/mol. The molecule has 0 N–H and O–H groups in total. The van der Waals surface area contributed by atoms with Crippen LogP contribution in [0.3, 0.4) is 0 Å². The smallest absolute Gasteiger partial charge is 0.228 e. The van der Waals surface area contributed by atoms with Gasteiger partial charge < -0.3 is 14.7 Å². The van der Waals surface area contributed by atoms with Crippen LogP contribution in [0.25, 0.3) is 0 Å². The maximum Gasteiger partial charge on any atom is 0.228 e. The molecule has 0 spiro atoms. The highest BCUT2D eigenvalue weighted by atomic mass is 19.1. The second-order valence-corrected chi connectivity index (χ2v) is 8.12. The number of hydrogen-bond acceptors (Lipinski definition) is 3. The Morgan fingerprint density at radius 1 is 0.967 bits per heavy atom. The van der Waals surface area contributed by atoms with E-state index in [1.165, 1.54) is 17.7 Å². The minimum Gasteiger partial charge on any atom is -0.370 e. The molecule has 2 aromatic carbocycles. The largest absolute Gasteiger partial charge is 0.370 e. The molecule has 0 saturated carbocycles. The van der Waals surface area contributed by atoms with Crippen LogP contribution < -0.4 is 4.90 Å². The molecular formula is C24H28FN3O2. The quantitative estimate of drug-likeness (QED) is 0.763. The Morgan fingerprint density at radius 2 is 1.73 bits per heavy atom. The highest BCUT2D eigenvalue weighted by molar-refractivity contribution is 5.89. The van der Waals surface area contributed by atoms with E-state index < -0.39 is 0 Å². The summed E-state index contributed by atoms with van der Waals surface area (Å²) < 4.78 is 13.2. The first-order chi connectivity index (χ1) is 14.6. The second-order valence-electron chi connectivity index (χ2n) is 8.12. The van der Waals surface area contributed by atoms with Crippen LogP contribution in [-0.4, -0.2) is 60.9 Å².